The van der Waals surface area contributed by atoms with Crippen LogP contribution in [0.2, 0.25) is 0 Å². The normalized spacial score (nSPS) is 13.2. The maximum atomic E-state index is 6.05. The molecule has 14 heavy (non-hydrogen) atoms. The molecular weight excluding hydrogens is 172 g/mol. The van der Waals surface area contributed by atoms with Crippen LogP contribution in [-0.2, 0) is 0 Å². The van der Waals surface area contributed by atoms with E-state index in [4.69, 9.17) is 5.73 Å². The highest BCUT2D eigenvalue weighted by atomic mass is 14.8. The summed E-state index contributed by atoms with van der Waals surface area (Å²) < 4.78 is 0. The van der Waals surface area contributed by atoms with Gasteiger partial charge in [0.25, 0.3) is 0 Å². The van der Waals surface area contributed by atoms with Crippen molar-refractivity contribution in [1.82, 2.24) is 4.98 Å². The van der Waals surface area contributed by atoms with Crippen LogP contribution >= 0.6 is 0 Å². The first-order chi connectivity index (χ1) is 6.59. The van der Waals surface area contributed by atoms with Crippen molar-refractivity contribution in [3.63, 3.8) is 0 Å². The smallest absolute Gasteiger partial charge is 0.0574 e. The number of aryl methyl sites for hydroxylation is 1. The summed E-state index contributed by atoms with van der Waals surface area (Å²) in [6, 6.07) is 6.13. The predicted molar refractivity (Wildman–Crippen MR) is 60.0 cm³/mol. The van der Waals surface area contributed by atoms with Gasteiger partial charge in [-0.2, -0.15) is 0 Å². The number of rotatable bonds is 4. The summed E-state index contributed by atoms with van der Waals surface area (Å²) in [4.78, 5) is 4.43. The van der Waals surface area contributed by atoms with E-state index < -0.39 is 0 Å². The summed E-state index contributed by atoms with van der Waals surface area (Å²) in [6.07, 6.45) is 2.19. The predicted octanol–water partition coefficient (Wildman–Crippen LogP) is 2.83. The number of hydrogen-bond acceptors (Lipinski definition) is 2. The van der Waals surface area contributed by atoms with Gasteiger partial charge >= 0.3 is 0 Å². The highest BCUT2D eigenvalue weighted by Crippen LogP contribution is 2.16. The third-order valence-corrected chi connectivity index (χ3v) is 2.34. The van der Waals surface area contributed by atoms with Crippen LogP contribution in [0.25, 0.3) is 0 Å². The molecule has 0 unspecified atom stereocenters. The molecule has 0 aliphatic rings. The van der Waals surface area contributed by atoms with Gasteiger partial charge in [-0.05, 0) is 37.8 Å². The van der Waals surface area contributed by atoms with Gasteiger partial charge in [0.2, 0.25) is 0 Å². The summed E-state index contributed by atoms with van der Waals surface area (Å²) in [5.41, 5.74) is 8.11. The van der Waals surface area contributed by atoms with Crippen LogP contribution in [0, 0.1) is 12.8 Å². The Morgan fingerprint density at radius 3 is 2.57 bits per heavy atom. The lowest BCUT2D eigenvalue weighted by Gasteiger charge is -2.12. The number of pyridine rings is 1. The van der Waals surface area contributed by atoms with Crippen LogP contribution in [0.15, 0.2) is 18.2 Å². The molecule has 1 aromatic heterocycles. The third kappa shape index (κ3) is 3.46. The fraction of sp³-hybridized carbons (Fsp3) is 0.583. The molecule has 0 saturated carbocycles. The number of nitrogens with zero attached hydrogens (tertiary/aromatic N) is 1. The number of nitrogens with two attached hydrogens (primary N) is 1. The molecule has 0 saturated heterocycles. The lowest BCUT2D eigenvalue weighted by Crippen LogP contribution is -2.13. The molecular formula is C12H20N2. The Bertz CT molecular complexity index is 281. The van der Waals surface area contributed by atoms with E-state index in [1.807, 2.05) is 25.1 Å². The summed E-state index contributed by atoms with van der Waals surface area (Å²) in [6.45, 7) is 6.44. The van der Waals surface area contributed by atoms with E-state index in [0.717, 1.165) is 24.2 Å². The topological polar surface area (TPSA) is 38.9 Å². The molecule has 2 nitrogen and oxygen atoms in total. The summed E-state index contributed by atoms with van der Waals surface area (Å²) in [7, 11) is 0. The zero-order valence-corrected chi connectivity index (χ0v) is 9.33. The van der Waals surface area contributed by atoms with Crippen LogP contribution in [0.3, 0.4) is 0 Å². The SMILES string of the molecule is Cc1cccc([C@@H](N)CCC(C)C)n1. The van der Waals surface area contributed by atoms with Crippen molar-refractivity contribution in [3.05, 3.63) is 29.6 Å². The van der Waals surface area contributed by atoms with Gasteiger partial charge in [0.15, 0.2) is 0 Å². The molecule has 0 amide bonds. The van der Waals surface area contributed by atoms with Crippen molar-refractivity contribution >= 4 is 0 Å². The molecule has 78 valence electrons. The molecule has 2 N–H and O–H groups in total. The standard InChI is InChI=1S/C12H20N2/c1-9(2)7-8-11(13)12-6-4-5-10(3)14-12/h4-6,9,11H,7-8,13H2,1-3H3/t11-/m0/s1. The Kier molecular flexibility index (Phi) is 4.08. The second-order valence-corrected chi connectivity index (χ2v) is 4.28. The van der Waals surface area contributed by atoms with Crippen LogP contribution in [-0.4, -0.2) is 4.98 Å². The van der Waals surface area contributed by atoms with Gasteiger partial charge in [-0.3, -0.25) is 4.98 Å². The van der Waals surface area contributed by atoms with Gasteiger partial charge in [-0.1, -0.05) is 19.9 Å². The Morgan fingerprint density at radius 2 is 2.00 bits per heavy atom. The van der Waals surface area contributed by atoms with Crippen LogP contribution in [0.5, 0.6) is 0 Å². The first-order valence-electron chi connectivity index (χ1n) is 5.28. The van der Waals surface area contributed by atoms with Gasteiger partial charge in [-0.25, -0.2) is 0 Å². The summed E-state index contributed by atoms with van der Waals surface area (Å²) >= 11 is 0. The van der Waals surface area contributed by atoms with E-state index in [9.17, 15) is 0 Å². The fourth-order valence-corrected chi connectivity index (χ4v) is 1.43. The average molecular weight is 192 g/mol. The summed E-state index contributed by atoms with van der Waals surface area (Å²) in [5.74, 6) is 0.714. The maximum Gasteiger partial charge on any atom is 0.0574 e. The molecule has 0 radical (unpaired) electrons. The van der Waals surface area contributed by atoms with Crippen LogP contribution in [0.4, 0.5) is 0 Å². The van der Waals surface area contributed by atoms with Crippen LogP contribution in [0.1, 0.15) is 44.1 Å². The minimum atomic E-state index is 0.0947. The summed E-state index contributed by atoms with van der Waals surface area (Å²) in [5, 5.41) is 0. The average Bonchev–Trinajstić information content (AvgIpc) is 2.14. The molecule has 2 heteroatoms. The Labute approximate surface area is 86.5 Å². The van der Waals surface area contributed by atoms with E-state index in [1.165, 1.54) is 0 Å². The minimum Gasteiger partial charge on any atom is -0.323 e. The van der Waals surface area contributed by atoms with Crippen molar-refractivity contribution < 1.29 is 0 Å². The van der Waals surface area contributed by atoms with E-state index in [1.54, 1.807) is 0 Å². The molecule has 0 bridgehead atoms. The highest BCUT2D eigenvalue weighted by molar-refractivity contribution is 5.12. The molecule has 1 heterocycles. The van der Waals surface area contributed by atoms with E-state index in [-0.39, 0.29) is 6.04 Å². The molecule has 1 atom stereocenters. The van der Waals surface area contributed by atoms with Gasteiger partial charge in [-0.15, -0.1) is 0 Å². The first kappa shape index (κ1) is 11.2. The molecule has 0 aliphatic carbocycles. The Balaban J connectivity index is 2.56. The second-order valence-electron chi connectivity index (χ2n) is 4.28. The van der Waals surface area contributed by atoms with Crippen molar-refractivity contribution in [2.75, 3.05) is 0 Å². The molecule has 0 fully saturated rings. The molecule has 0 spiro atoms. The Hall–Kier alpha value is -0.890. The second kappa shape index (κ2) is 5.11. The molecule has 0 aliphatic heterocycles. The number of hydrogen-bond donors (Lipinski definition) is 1. The van der Waals surface area contributed by atoms with Gasteiger partial charge in [0.05, 0.1) is 5.69 Å². The van der Waals surface area contributed by atoms with Crippen LogP contribution < -0.4 is 5.73 Å². The van der Waals surface area contributed by atoms with E-state index in [2.05, 4.69) is 18.8 Å². The van der Waals surface area contributed by atoms with Gasteiger partial charge in [0, 0.05) is 11.7 Å². The molecule has 0 aromatic carbocycles. The quantitative estimate of drug-likeness (QED) is 0.796. The lowest BCUT2D eigenvalue weighted by atomic mass is 10.0. The first-order valence-corrected chi connectivity index (χ1v) is 5.28. The largest absolute Gasteiger partial charge is 0.323 e. The zero-order valence-electron chi connectivity index (χ0n) is 9.33. The van der Waals surface area contributed by atoms with Crippen molar-refractivity contribution in [1.29, 1.82) is 0 Å². The third-order valence-electron chi connectivity index (χ3n) is 2.34. The minimum absolute atomic E-state index is 0.0947. The van der Waals surface area contributed by atoms with Gasteiger partial charge < -0.3 is 5.73 Å². The maximum absolute atomic E-state index is 6.05. The highest BCUT2D eigenvalue weighted by Gasteiger charge is 2.07. The zero-order chi connectivity index (χ0) is 10.6. The lowest BCUT2D eigenvalue weighted by molar-refractivity contribution is 0.501. The van der Waals surface area contributed by atoms with Crippen molar-refractivity contribution in [2.45, 2.75) is 39.7 Å². The van der Waals surface area contributed by atoms with E-state index in [0.29, 0.717) is 5.92 Å². The fourth-order valence-electron chi connectivity index (χ4n) is 1.43. The monoisotopic (exact) mass is 192 g/mol. The van der Waals surface area contributed by atoms with Crippen molar-refractivity contribution in [2.24, 2.45) is 11.7 Å². The van der Waals surface area contributed by atoms with Gasteiger partial charge in [0.1, 0.15) is 0 Å². The van der Waals surface area contributed by atoms with Crippen molar-refractivity contribution in [3.8, 4) is 0 Å². The van der Waals surface area contributed by atoms with E-state index >= 15 is 0 Å². The Morgan fingerprint density at radius 1 is 1.29 bits per heavy atom. The molecule has 1 rings (SSSR count). The number of aromatic nitrogens is 1. The molecule has 1 aromatic rings.